The molecule has 0 unspecified atom stereocenters. The fourth-order valence-electron chi connectivity index (χ4n) is 4.35. The van der Waals surface area contributed by atoms with Crippen LogP contribution in [0.2, 0.25) is 18.1 Å². The van der Waals surface area contributed by atoms with Crippen LogP contribution in [0, 0.1) is 5.41 Å². The number of halogens is 1. The van der Waals surface area contributed by atoms with E-state index in [4.69, 9.17) is 4.43 Å². The number of amides is 1. The van der Waals surface area contributed by atoms with Crippen molar-refractivity contribution in [3.63, 3.8) is 0 Å². The molecule has 218 valence electrons. The van der Waals surface area contributed by atoms with Crippen LogP contribution >= 0.6 is 15.9 Å². The highest BCUT2D eigenvalue weighted by molar-refractivity contribution is 9.10. The SMILES string of the molecule is CC(C)(CO[Si](C)(C)C(C)(C)C)Cn1cc(S(=O)(=O)N2CCN(C(=O)O)[C@@H](CO)C2)c2cc(Br)ccc2c1=O. The Morgan fingerprint density at radius 3 is 2.36 bits per heavy atom. The molecule has 1 aliphatic rings. The lowest BCUT2D eigenvalue weighted by Gasteiger charge is -2.39. The molecule has 1 aliphatic heterocycles. The van der Waals surface area contributed by atoms with E-state index in [2.05, 4.69) is 49.8 Å². The molecule has 0 spiro atoms. The number of aliphatic hydroxyl groups excluding tert-OH is 1. The van der Waals surface area contributed by atoms with Gasteiger partial charge in [0.15, 0.2) is 8.32 Å². The molecule has 0 aliphatic carbocycles. The van der Waals surface area contributed by atoms with Gasteiger partial charge in [0.1, 0.15) is 4.90 Å². The molecule has 1 saturated heterocycles. The van der Waals surface area contributed by atoms with Crippen molar-refractivity contribution in [3.05, 3.63) is 39.2 Å². The van der Waals surface area contributed by atoms with Crippen LogP contribution in [-0.2, 0) is 21.0 Å². The maximum atomic E-state index is 14.0. The van der Waals surface area contributed by atoms with Crippen molar-refractivity contribution in [1.29, 1.82) is 0 Å². The lowest BCUT2D eigenvalue weighted by Crippen LogP contribution is -2.57. The minimum atomic E-state index is -4.15. The Morgan fingerprint density at radius 1 is 1.15 bits per heavy atom. The first-order chi connectivity index (χ1) is 17.8. The van der Waals surface area contributed by atoms with Crippen LogP contribution in [0.25, 0.3) is 10.8 Å². The van der Waals surface area contributed by atoms with Gasteiger partial charge in [0.05, 0.1) is 12.6 Å². The number of piperazine rings is 1. The highest BCUT2D eigenvalue weighted by Gasteiger charge is 2.39. The van der Waals surface area contributed by atoms with E-state index in [1.54, 1.807) is 18.2 Å². The number of pyridine rings is 1. The third-order valence-corrected chi connectivity index (χ3v) is 14.6. The molecule has 10 nitrogen and oxygen atoms in total. The number of benzene rings is 1. The first-order valence-electron chi connectivity index (χ1n) is 12.9. The maximum absolute atomic E-state index is 14.0. The van der Waals surface area contributed by atoms with Crippen molar-refractivity contribution in [2.24, 2.45) is 5.41 Å². The number of sulfonamides is 1. The van der Waals surface area contributed by atoms with Crippen molar-refractivity contribution < 1.29 is 27.9 Å². The van der Waals surface area contributed by atoms with Gasteiger partial charge in [-0.2, -0.15) is 4.31 Å². The van der Waals surface area contributed by atoms with Crippen molar-refractivity contribution in [3.8, 4) is 0 Å². The summed E-state index contributed by atoms with van der Waals surface area (Å²) in [4.78, 5) is 26.1. The van der Waals surface area contributed by atoms with Gasteiger partial charge < -0.3 is 24.1 Å². The second kappa shape index (κ2) is 11.2. The first kappa shape index (κ1) is 31.8. The van der Waals surface area contributed by atoms with Crippen LogP contribution in [0.1, 0.15) is 34.6 Å². The number of carbonyl (C=O) groups is 1. The molecule has 1 fully saturated rings. The highest BCUT2D eigenvalue weighted by atomic mass is 79.9. The van der Waals surface area contributed by atoms with Crippen LogP contribution in [-0.4, -0.2) is 85.7 Å². The third kappa shape index (κ3) is 6.76. The van der Waals surface area contributed by atoms with Crippen molar-refractivity contribution in [2.45, 2.75) is 70.2 Å². The molecule has 0 saturated carbocycles. The molecule has 2 N–H and O–H groups in total. The summed E-state index contributed by atoms with van der Waals surface area (Å²) in [6.45, 7) is 14.6. The number of hydrogen-bond donors (Lipinski definition) is 2. The van der Waals surface area contributed by atoms with Gasteiger partial charge in [0, 0.05) is 59.6 Å². The molecule has 13 heteroatoms. The van der Waals surface area contributed by atoms with E-state index in [-0.39, 0.29) is 52.4 Å². The number of nitrogens with zero attached hydrogens (tertiary/aromatic N) is 3. The Morgan fingerprint density at radius 2 is 1.79 bits per heavy atom. The molecule has 1 aromatic heterocycles. The quantitative estimate of drug-likeness (QED) is 0.412. The van der Waals surface area contributed by atoms with Gasteiger partial charge in [-0.3, -0.25) is 4.79 Å². The zero-order valence-corrected chi connectivity index (χ0v) is 27.1. The largest absolute Gasteiger partial charge is 0.465 e. The minimum absolute atomic E-state index is 0.0224. The Bertz CT molecular complexity index is 1400. The maximum Gasteiger partial charge on any atom is 0.407 e. The molecule has 2 heterocycles. The molecule has 1 amide bonds. The van der Waals surface area contributed by atoms with Crippen LogP contribution in [0.4, 0.5) is 4.79 Å². The predicted molar refractivity (Wildman–Crippen MR) is 157 cm³/mol. The van der Waals surface area contributed by atoms with Gasteiger partial charge in [0.25, 0.3) is 5.56 Å². The molecule has 0 radical (unpaired) electrons. The Kier molecular flexibility index (Phi) is 9.16. The van der Waals surface area contributed by atoms with E-state index in [1.807, 2.05) is 13.8 Å². The van der Waals surface area contributed by atoms with Gasteiger partial charge in [-0.1, -0.05) is 50.5 Å². The Balaban J connectivity index is 2.05. The summed E-state index contributed by atoms with van der Waals surface area (Å²) < 4.78 is 37.6. The molecule has 39 heavy (non-hydrogen) atoms. The molecule has 1 atom stereocenters. The molecular weight excluding hydrogens is 606 g/mol. The number of hydrogen-bond acceptors (Lipinski definition) is 6. The van der Waals surface area contributed by atoms with E-state index in [1.165, 1.54) is 15.1 Å². The molecule has 3 rings (SSSR count). The monoisotopic (exact) mass is 645 g/mol. The lowest BCUT2D eigenvalue weighted by molar-refractivity contribution is 0.0649. The second-order valence-corrected chi connectivity index (χ2v) is 20.1. The average molecular weight is 647 g/mol. The van der Waals surface area contributed by atoms with Crippen LogP contribution in [0.5, 0.6) is 0 Å². The van der Waals surface area contributed by atoms with Gasteiger partial charge in [-0.15, -0.1) is 0 Å². The van der Waals surface area contributed by atoms with Crippen LogP contribution in [0.15, 0.2) is 38.6 Å². The van der Waals surface area contributed by atoms with Crippen molar-refractivity contribution in [2.75, 3.05) is 32.8 Å². The average Bonchev–Trinajstić information content (AvgIpc) is 2.83. The normalized spacial score (nSPS) is 18.1. The first-order valence-corrected chi connectivity index (χ1v) is 18.0. The van der Waals surface area contributed by atoms with Gasteiger partial charge >= 0.3 is 6.09 Å². The second-order valence-electron chi connectivity index (χ2n) is 12.5. The zero-order valence-electron chi connectivity index (χ0n) is 23.7. The van der Waals surface area contributed by atoms with Gasteiger partial charge in [-0.25, -0.2) is 13.2 Å². The summed E-state index contributed by atoms with van der Waals surface area (Å²) in [5.41, 5.74) is -0.779. The highest BCUT2D eigenvalue weighted by Crippen LogP contribution is 2.38. The molecule has 2 aromatic rings. The molecular formula is C26H40BrN3O7SSi. The predicted octanol–water partition coefficient (Wildman–Crippen LogP) is 4.16. The minimum Gasteiger partial charge on any atom is -0.465 e. The van der Waals surface area contributed by atoms with E-state index in [0.717, 1.165) is 4.90 Å². The van der Waals surface area contributed by atoms with Gasteiger partial charge in [-0.05, 0) is 36.3 Å². The van der Waals surface area contributed by atoms with Gasteiger partial charge in [0.2, 0.25) is 10.0 Å². The summed E-state index contributed by atoms with van der Waals surface area (Å²) in [6, 6.07) is 4.02. The fourth-order valence-corrected chi connectivity index (χ4v) is 7.57. The fraction of sp³-hybridized carbons (Fsp3) is 0.615. The zero-order chi connectivity index (χ0) is 29.6. The Hall–Kier alpha value is -1.77. The van der Waals surface area contributed by atoms with E-state index in [0.29, 0.717) is 11.1 Å². The number of aliphatic hydroxyl groups is 1. The van der Waals surface area contributed by atoms with Crippen molar-refractivity contribution >= 4 is 51.1 Å². The van der Waals surface area contributed by atoms with Crippen molar-refractivity contribution in [1.82, 2.24) is 13.8 Å². The van der Waals surface area contributed by atoms with Crippen LogP contribution < -0.4 is 5.56 Å². The number of rotatable bonds is 8. The Labute approximate surface area is 239 Å². The number of carboxylic acid groups (broad SMARTS) is 1. The summed E-state index contributed by atoms with van der Waals surface area (Å²) >= 11 is 3.39. The number of aromatic nitrogens is 1. The smallest absolute Gasteiger partial charge is 0.407 e. The van der Waals surface area contributed by atoms with E-state index in [9.17, 15) is 28.2 Å². The lowest BCUT2D eigenvalue weighted by atomic mass is 9.94. The topological polar surface area (TPSA) is 129 Å². The summed E-state index contributed by atoms with van der Waals surface area (Å²) in [6.07, 6.45) is 0.175. The summed E-state index contributed by atoms with van der Waals surface area (Å²) in [5.74, 6) is 0. The summed E-state index contributed by atoms with van der Waals surface area (Å²) in [7, 11) is -6.19. The number of fused-ring (bicyclic) bond motifs is 1. The van der Waals surface area contributed by atoms with E-state index >= 15 is 0 Å². The third-order valence-electron chi connectivity index (χ3n) is 7.76. The molecule has 0 bridgehead atoms. The summed E-state index contributed by atoms with van der Waals surface area (Å²) in [5, 5.41) is 19.7. The standard InChI is InChI=1S/C26H40BrN3O7SSi/c1-25(2,3)39(6,7)37-17-26(4,5)16-28-14-22(21-12-18(27)8-9-20(21)23(28)32)38(35,36)29-10-11-30(24(33)34)19(13-29)15-31/h8-9,12,14,19,31H,10-11,13,15-17H2,1-7H3,(H,33,34)/t19-/m1/s1. The van der Waals surface area contributed by atoms with E-state index < -0.39 is 42.5 Å². The molecule has 1 aromatic carbocycles. The van der Waals surface area contributed by atoms with Crippen LogP contribution in [0.3, 0.4) is 0 Å².